The lowest BCUT2D eigenvalue weighted by Crippen LogP contribution is -2.45. The number of carbonyl (C=O) groups excluding carboxylic acids is 2. The van der Waals surface area contributed by atoms with Crippen molar-refractivity contribution in [1.29, 1.82) is 0 Å². The van der Waals surface area contributed by atoms with Crippen LogP contribution < -0.4 is 5.32 Å². The van der Waals surface area contributed by atoms with Crippen molar-refractivity contribution >= 4 is 11.9 Å². The summed E-state index contributed by atoms with van der Waals surface area (Å²) in [7, 11) is 0. The van der Waals surface area contributed by atoms with E-state index in [1.165, 1.54) is 308 Å². The number of carbonyl (C=O) groups is 2. The topological polar surface area (TPSA) is 95.9 Å². The van der Waals surface area contributed by atoms with Crippen LogP contribution in [0.4, 0.5) is 0 Å². The summed E-state index contributed by atoms with van der Waals surface area (Å²) in [6.07, 6.45) is 83.8. The zero-order chi connectivity index (χ0) is 55.0. The summed E-state index contributed by atoms with van der Waals surface area (Å²) >= 11 is 0. The zero-order valence-electron chi connectivity index (χ0n) is 51.3. The van der Waals surface area contributed by atoms with Crippen molar-refractivity contribution in [3.8, 4) is 0 Å². The minimum atomic E-state index is -0.841. The molecule has 0 heterocycles. The first kappa shape index (κ1) is 74.1. The summed E-state index contributed by atoms with van der Waals surface area (Å²) in [4.78, 5) is 24.5. The molecule has 0 aliphatic carbocycles. The lowest BCUT2D eigenvalue weighted by Gasteiger charge is -2.20. The highest BCUT2D eigenvalue weighted by molar-refractivity contribution is 5.76. The number of aliphatic hydroxyl groups excluding tert-OH is 2. The summed E-state index contributed by atoms with van der Waals surface area (Å²) < 4.78 is 5.51. The third-order valence-corrected chi connectivity index (χ3v) is 15.9. The molecule has 0 rings (SSSR count). The molecule has 0 aromatic rings. The fourth-order valence-electron chi connectivity index (χ4n) is 10.6. The van der Waals surface area contributed by atoms with E-state index in [-0.39, 0.29) is 18.5 Å². The molecule has 0 spiro atoms. The number of ether oxygens (including phenoxy) is 1. The van der Waals surface area contributed by atoms with Gasteiger partial charge in [0.2, 0.25) is 5.91 Å². The van der Waals surface area contributed by atoms with Crippen LogP contribution in [-0.2, 0) is 14.3 Å². The quantitative estimate of drug-likeness (QED) is 0.0320. The molecule has 0 fully saturated rings. The number of hydrogen-bond acceptors (Lipinski definition) is 5. The van der Waals surface area contributed by atoms with Gasteiger partial charge in [-0.2, -0.15) is 0 Å². The van der Waals surface area contributed by atoms with E-state index >= 15 is 0 Å². The van der Waals surface area contributed by atoms with Gasteiger partial charge in [0.05, 0.1) is 25.4 Å². The number of unbranched alkanes of at least 4 members (excludes halogenated alkanes) is 49. The van der Waals surface area contributed by atoms with Crippen LogP contribution in [0.1, 0.15) is 373 Å². The standard InChI is InChI=1S/C70H133NO5/c1-3-5-7-9-11-13-14-15-16-17-31-35-38-41-44-48-52-56-60-64-70(75)76-65-61-57-53-49-45-42-39-36-33-30-28-26-24-22-20-18-19-21-23-25-27-29-32-34-37-40-43-47-51-55-59-63-69(74)71-67(66-72)68(73)62-58-54-50-46-12-10-8-6-4-2/h15-16,20,22,58,62,67-68,72-73H,3-14,17-19,21,23-57,59-61,63-66H2,1-2H3,(H,71,74)/b16-15-,22-20-,62-58+. The molecule has 0 radical (unpaired) electrons. The van der Waals surface area contributed by atoms with E-state index in [1.54, 1.807) is 6.08 Å². The summed E-state index contributed by atoms with van der Waals surface area (Å²) in [5, 5.41) is 23.0. The minimum absolute atomic E-state index is 0.0171. The maximum absolute atomic E-state index is 12.4. The average Bonchev–Trinajstić information content (AvgIpc) is 3.42. The Hall–Kier alpha value is -1.92. The Morgan fingerprint density at radius 3 is 0.934 bits per heavy atom. The molecule has 76 heavy (non-hydrogen) atoms. The highest BCUT2D eigenvalue weighted by atomic mass is 16.5. The molecule has 0 aromatic heterocycles. The predicted molar refractivity (Wildman–Crippen MR) is 333 cm³/mol. The molecule has 0 aliphatic heterocycles. The number of rotatable bonds is 64. The molecule has 0 saturated carbocycles. The number of allylic oxidation sites excluding steroid dienone is 5. The van der Waals surface area contributed by atoms with Crippen LogP contribution in [0.15, 0.2) is 36.5 Å². The lowest BCUT2D eigenvalue weighted by atomic mass is 10.0. The molecular formula is C70H133NO5. The van der Waals surface area contributed by atoms with Crippen molar-refractivity contribution in [2.24, 2.45) is 0 Å². The number of aliphatic hydroxyl groups is 2. The van der Waals surface area contributed by atoms with Gasteiger partial charge in [0, 0.05) is 12.8 Å². The van der Waals surface area contributed by atoms with Crippen LogP contribution in [0.5, 0.6) is 0 Å². The Bertz CT molecular complexity index is 1230. The number of amides is 1. The largest absolute Gasteiger partial charge is 0.466 e. The monoisotopic (exact) mass is 1070 g/mol. The SMILES string of the molecule is CCCCCCCC/C=C\CCCCCCCCCCCC(=O)OCCCCCCCCCCCCCC/C=C\CCCCCCCCCCCCCCCCCC(=O)NC(CO)C(O)/C=C/CCCCCCCCC. The molecule has 3 N–H and O–H groups in total. The van der Waals surface area contributed by atoms with Gasteiger partial charge in [0.15, 0.2) is 0 Å². The Balaban J connectivity index is 3.33. The van der Waals surface area contributed by atoms with Gasteiger partial charge < -0.3 is 20.3 Å². The molecule has 6 heteroatoms. The molecular weight excluding hydrogens is 935 g/mol. The summed E-state index contributed by atoms with van der Waals surface area (Å²) in [5.74, 6) is -0.0505. The van der Waals surface area contributed by atoms with Gasteiger partial charge in [0.1, 0.15) is 0 Å². The van der Waals surface area contributed by atoms with Crippen LogP contribution >= 0.6 is 0 Å². The van der Waals surface area contributed by atoms with Crippen molar-refractivity contribution in [2.45, 2.75) is 386 Å². The van der Waals surface area contributed by atoms with Gasteiger partial charge in [-0.15, -0.1) is 0 Å². The average molecular weight is 1070 g/mol. The van der Waals surface area contributed by atoms with E-state index in [1.807, 2.05) is 6.08 Å². The summed E-state index contributed by atoms with van der Waals surface area (Å²) in [6, 6.07) is -0.624. The highest BCUT2D eigenvalue weighted by Crippen LogP contribution is 2.18. The maximum atomic E-state index is 12.4. The smallest absolute Gasteiger partial charge is 0.305 e. The van der Waals surface area contributed by atoms with Gasteiger partial charge in [-0.05, 0) is 83.5 Å². The van der Waals surface area contributed by atoms with E-state index in [9.17, 15) is 19.8 Å². The second-order valence-electron chi connectivity index (χ2n) is 23.5. The third-order valence-electron chi connectivity index (χ3n) is 15.9. The van der Waals surface area contributed by atoms with Crippen molar-refractivity contribution in [2.75, 3.05) is 13.2 Å². The first-order valence-electron chi connectivity index (χ1n) is 34.3. The number of nitrogens with one attached hydrogen (secondary N) is 1. The molecule has 0 aliphatic rings. The van der Waals surface area contributed by atoms with E-state index in [0.29, 0.717) is 19.4 Å². The number of hydrogen-bond donors (Lipinski definition) is 3. The van der Waals surface area contributed by atoms with Crippen LogP contribution in [0, 0.1) is 0 Å². The van der Waals surface area contributed by atoms with Gasteiger partial charge >= 0.3 is 5.97 Å². The molecule has 1 amide bonds. The zero-order valence-corrected chi connectivity index (χ0v) is 51.3. The van der Waals surface area contributed by atoms with E-state index in [0.717, 1.165) is 38.5 Å². The Kier molecular flexibility index (Phi) is 63.9. The second kappa shape index (κ2) is 65.6. The summed E-state index contributed by atoms with van der Waals surface area (Å²) in [5.41, 5.74) is 0. The van der Waals surface area contributed by atoms with Crippen LogP contribution in [-0.4, -0.2) is 47.4 Å². The minimum Gasteiger partial charge on any atom is -0.466 e. The van der Waals surface area contributed by atoms with E-state index in [2.05, 4.69) is 43.5 Å². The fraction of sp³-hybridized carbons (Fsp3) is 0.886. The first-order chi connectivity index (χ1) is 37.5. The first-order valence-corrected chi connectivity index (χ1v) is 34.3. The molecule has 0 saturated heterocycles. The highest BCUT2D eigenvalue weighted by Gasteiger charge is 2.18. The van der Waals surface area contributed by atoms with Gasteiger partial charge in [-0.3, -0.25) is 9.59 Å². The molecule has 6 nitrogen and oxygen atoms in total. The van der Waals surface area contributed by atoms with Crippen molar-refractivity contribution in [1.82, 2.24) is 5.32 Å². The Labute approximate surface area is 474 Å². The molecule has 448 valence electrons. The van der Waals surface area contributed by atoms with Crippen LogP contribution in [0.3, 0.4) is 0 Å². The molecule has 2 unspecified atom stereocenters. The molecule has 0 bridgehead atoms. The lowest BCUT2D eigenvalue weighted by molar-refractivity contribution is -0.143. The van der Waals surface area contributed by atoms with Crippen LogP contribution in [0.2, 0.25) is 0 Å². The Morgan fingerprint density at radius 2 is 0.618 bits per heavy atom. The maximum Gasteiger partial charge on any atom is 0.305 e. The van der Waals surface area contributed by atoms with Crippen molar-refractivity contribution < 1.29 is 24.5 Å². The van der Waals surface area contributed by atoms with Gasteiger partial charge in [-0.25, -0.2) is 0 Å². The van der Waals surface area contributed by atoms with Gasteiger partial charge in [0.25, 0.3) is 0 Å². The van der Waals surface area contributed by atoms with Crippen LogP contribution in [0.25, 0.3) is 0 Å². The van der Waals surface area contributed by atoms with Crippen molar-refractivity contribution in [3.05, 3.63) is 36.5 Å². The molecule has 2 atom stereocenters. The van der Waals surface area contributed by atoms with E-state index < -0.39 is 12.1 Å². The van der Waals surface area contributed by atoms with Crippen molar-refractivity contribution in [3.63, 3.8) is 0 Å². The summed E-state index contributed by atoms with van der Waals surface area (Å²) in [6.45, 7) is 4.89. The number of esters is 1. The normalized spacial score (nSPS) is 12.7. The predicted octanol–water partition coefficient (Wildman–Crippen LogP) is 21.9. The third kappa shape index (κ3) is 61.3. The Morgan fingerprint density at radius 1 is 0.355 bits per heavy atom. The van der Waals surface area contributed by atoms with E-state index in [4.69, 9.17) is 4.74 Å². The van der Waals surface area contributed by atoms with Gasteiger partial charge in [-0.1, -0.05) is 314 Å². The fourth-order valence-corrected chi connectivity index (χ4v) is 10.6. The second-order valence-corrected chi connectivity index (χ2v) is 23.5. The molecule has 0 aromatic carbocycles.